The number of carboxylic acids is 1. The van der Waals surface area contributed by atoms with Crippen LogP contribution in [0.1, 0.15) is 17.0 Å². The molecule has 1 heterocycles. The number of imidazole rings is 1. The average Bonchev–Trinajstić information content (AvgIpc) is 2.77. The van der Waals surface area contributed by atoms with Crippen LogP contribution in [0.15, 0.2) is 42.5 Å². The summed E-state index contributed by atoms with van der Waals surface area (Å²) < 4.78 is 2.04. The van der Waals surface area contributed by atoms with Crippen molar-refractivity contribution in [3.8, 4) is 0 Å². The summed E-state index contributed by atoms with van der Waals surface area (Å²) >= 11 is 5.90. The molecule has 0 fully saturated rings. The van der Waals surface area contributed by atoms with Gasteiger partial charge in [0.25, 0.3) is 0 Å². The highest BCUT2D eigenvalue weighted by Gasteiger charge is 2.10. The smallest absolute Gasteiger partial charge is 0.307 e. The van der Waals surface area contributed by atoms with E-state index in [2.05, 4.69) is 4.98 Å². The first kappa shape index (κ1) is 14.6. The summed E-state index contributed by atoms with van der Waals surface area (Å²) in [4.78, 5) is 15.4. The number of rotatable bonds is 4. The molecule has 0 spiro atoms. The molecule has 0 aliphatic carbocycles. The Morgan fingerprint density at radius 3 is 2.55 bits per heavy atom. The molecule has 22 heavy (non-hydrogen) atoms. The normalized spacial score (nSPS) is 11.0. The van der Waals surface area contributed by atoms with Gasteiger partial charge in [-0.2, -0.15) is 0 Å². The molecule has 0 saturated heterocycles. The van der Waals surface area contributed by atoms with Crippen molar-refractivity contribution < 1.29 is 9.90 Å². The Morgan fingerprint density at radius 1 is 1.18 bits per heavy atom. The molecule has 0 radical (unpaired) electrons. The van der Waals surface area contributed by atoms with Crippen molar-refractivity contribution in [3.05, 3.63) is 64.4 Å². The highest BCUT2D eigenvalue weighted by atomic mass is 35.5. The van der Waals surface area contributed by atoms with E-state index in [-0.39, 0.29) is 6.42 Å². The van der Waals surface area contributed by atoms with Crippen LogP contribution in [0.2, 0.25) is 5.02 Å². The fourth-order valence-electron chi connectivity index (χ4n) is 2.52. The molecule has 1 aromatic heterocycles. The Bertz CT molecular complexity index is 838. The fraction of sp³-hybridized carbons (Fsp3) is 0.176. The van der Waals surface area contributed by atoms with E-state index in [9.17, 15) is 4.79 Å². The van der Waals surface area contributed by atoms with Gasteiger partial charge in [-0.15, -0.1) is 0 Å². The molecule has 0 bridgehead atoms. The topological polar surface area (TPSA) is 55.1 Å². The maximum atomic E-state index is 10.8. The molecule has 2 aromatic carbocycles. The second-order valence-electron chi connectivity index (χ2n) is 5.28. The SMILES string of the molecule is Cn1c(Cc2ccc(Cl)cc2)nc2cc(CC(=O)O)ccc21. The largest absolute Gasteiger partial charge is 0.481 e. The standard InChI is InChI=1S/C17H15ClN2O2/c1-20-15-7-4-12(10-17(21)22)8-14(15)19-16(20)9-11-2-5-13(18)6-3-11/h2-8H,9-10H2,1H3,(H,21,22). The molecule has 0 amide bonds. The van der Waals surface area contributed by atoms with E-state index in [0.717, 1.165) is 28.0 Å². The lowest BCUT2D eigenvalue weighted by atomic mass is 10.1. The van der Waals surface area contributed by atoms with Gasteiger partial charge in [0.05, 0.1) is 17.5 Å². The van der Waals surface area contributed by atoms with Gasteiger partial charge in [-0.05, 0) is 35.4 Å². The molecule has 4 nitrogen and oxygen atoms in total. The highest BCUT2D eigenvalue weighted by molar-refractivity contribution is 6.30. The Morgan fingerprint density at radius 2 is 1.86 bits per heavy atom. The average molecular weight is 315 g/mol. The van der Waals surface area contributed by atoms with Gasteiger partial charge in [0, 0.05) is 18.5 Å². The lowest BCUT2D eigenvalue weighted by Gasteiger charge is -2.03. The summed E-state index contributed by atoms with van der Waals surface area (Å²) in [5, 5.41) is 9.59. The maximum Gasteiger partial charge on any atom is 0.307 e. The minimum atomic E-state index is -0.836. The first-order valence-corrected chi connectivity index (χ1v) is 7.31. The number of aryl methyl sites for hydroxylation is 1. The van der Waals surface area contributed by atoms with E-state index in [1.165, 1.54) is 0 Å². The van der Waals surface area contributed by atoms with Crippen LogP contribution >= 0.6 is 11.6 Å². The van der Waals surface area contributed by atoms with Crippen molar-refractivity contribution in [2.24, 2.45) is 7.05 Å². The molecule has 5 heteroatoms. The first-order valence-electron chi connectivity index (χ1n) is 6.93. The van der Waals surface area contributed by atoms with E-state index < -0.39 is 5.97 Å². The van der Waals surface area contributed by atoms with Gasteiger partial charge in [0.2, 0.25) is 0 Å². The number of hydrogen-bond donors (Lipinski definition) is 1. The molecule has 0 unspecified atom stereocenters. The molecule has 0 atom stereocenters. The van der Waals surface area contributed by atoms with Crippen LogP contribution in [0, 0.1) is 0 Å². The molecular weight excluding hydrogens is 300 g/mol. The predicted octanol–water partition coefficient (Wildman–Crippen LogP) is 3.44. The molecule has 112 valence electrons. The number of carboxylic acid groups (broad SMARTS) is 1. The zero-order chi connectivity index (χ0) is 15.7. The number of halogens is 1. The summed E-state index contributed by atoms with van der Waals surface area (Å²) in [6.45, 7) is 0. The highest BCUT2D eigenvalue weighted by Crippen LogP contribution is 2.20. The Kier molecular flexibility index (Phi) is 3.86. The van der Waals surface area contributed by atoms with Crippen LogP contribution in [-0.4, -0.2) is 20.6 Å². The summed E-state index contributed by atoms with van der Waals surface area (Å²) in [7, 11) is 1.97. The molecule has 3 aromatic rings. The summed E-state index contributed by atoms with van der Waals surface area (Å²) in [5.41, 5.74) is 3.72. The van der Waals surface area contributed by atoms with Gasteiger partial charge in [0.1, 0.15) is 5.82 Å². The maximum absolute atomic E-state index is 10.8. The number of nitrogens with zero attached hydrogens (tertiary/aromatic N) is 2. The van der Waals surface area contributed by atoms with Gasteiger partial charge in [-0.3, -0.25) is 4.79 Å². The molecule has 0 aliphatic heterocycles. The van der Waals surface area contributed by atoms with Crippen molar-refractivity contribution in [1.29, 1.82) is 0 Å². The van der Waals surface area contributed by atoms with Crippen LogP contribution < -0.4 is 0 Å². The van der Waals surface area contributed by atoms with Crippen molar-refractivity contribution in [2.45, 2.75) is 12.8 Å². The predicted molar refractivity (Wildman–Crippen MR) is 86.3 cm³/mol. The van der Waals surface area contributed by atoms with Gasteiger partial charge >= 0.3 is 5.97 Å². The van der Waals surface area contributed by atoms with E-state index in [0.29, 0.717) is 11.4 Å². The minimum absolute atomic E-state index is 0.0129. The lowest BCUT2D eigenvalue weighted by Crippen LogP contribution is -2.00. The number of aliphatic carboxylic acids is 1. The monoisotopic (exact) mass is 314 g/mol. The quantitative estimate of drug-likeness (QED) is 0.802. The molecule has 3 rings (SSSR count). The van der Waals surface area contributed by atoms with Crippen LogP contribution in [0.4, 0.5) is 0 Å². The number of fused-ring (bicyclic) bond motifs is 1. The van der Waals surface area contributed by atoms with Crippen LogP contribution in [0.3, 0.4) is 0 Å². The third kappa shape index (κ3) is 2.97. The molecule has 0 saturated carbocycles. The number of carbonyl (C=O) groups is 1. The molecule has 0 aliphatic rings. The van der Waals surface area contributed by atoms with Gasteiger partial charge in [0.15, 0.2) is 0 Å². The summed E-state index contributed by atoms with van der Waals surface area (Å²) in [6, 6.07) is 13.3. The van der Waals surface area contributed by atoms with E-state index in [1.807, 2.05) is 54.1 Å². The van der Waals surface area contributed by atoms with Crippen molar-refractivity contribution in [3.63, 3.8) is 0 Å². The molecule has 1 N–H and O–H groups in total. The zero-order valence-electron chi connectivity index (χ0n) is 12.1. The third-order valence-corrected chi connectivity index (χ3v) is 3.92. The van der Waals surface area contributed by atoms with Crippen LogP contribution in [-0.2, 0) is 24.7 Å². The first-order chi connectivity index (χ1) is 10.5. The lowest BCUT2D eigenvalue weighted by molar-refractivity contribution is -0.136. The second-order valence-corrected chi connectivity index (χ2v) is 5.72. The van der Waals surface area contributed by atoms with E-state index >= 15 is 0 Å². The summed E-state index contributed by atoms with van der Waals surface area (Å²) in [6.07, 6.45) is 0.718. The van der Waals surface area contributed by atoms with Gasteiger partial charge < -0.3 is 9.67 Å². The van der Waals surface area contributed by atoms with Gasteiger partial charge in [-0.25, -0.2) is 4.98 Å². The number of hydrogen-bond acceptors (Lipinski definition) is 2. The Hall–Kier alpha value is -2.33. The van der Waals surface area contributed by atoms with Crippen molar-refractivity contribution in [2.75, 3.05) is 0 Å². The fourth-order valence-corrected chi connectivity index (χ4v) is 2.65. The zero-order valence-corrected chi connectivity index (χ0v) is 12.8. The van der Waals surface area contributed by atoms with E-state index in [4.69, 9.17) is 16.7 Å². The van der Waals surface area contributed by atoms with Crippen LogP contribution in [0.25, 0.3) is 11.0 Å². The van der Waals surface area contributed by atoms with E-state index in [1.54, 1.807) is 0 Å². The van der Waals surface area contributed by atoms with Crippen molar-refractivity contribution >= 4 is 28.6 Å². The summed E-state index contributed by atoms with van der Waals surface area (Å²) in [5.74, 6) is 0.0986. The Labute approximate surface area is 133 Å². The second kappa shape index (κ2) is 5.81. The van der Waals surface area contributed by atoms with Crippen LogP contribution in [0.5, 0.6) is 0 Å². The van der Waals surface area contributed by atoms with Gasteiger partial charge in [-0.1, -0.05) is 29.8 Å². The number of benzene rings is 2. The third-order valence-electron chi connectivity index (χ3n) is 3.67. The minimum Gasteiger partial charge on any atom is -0.481 e. The molecular formula is C17H15ClN2O2. The number of aromatic nitrogens is 2. The Balaban J connectivity index is 1.94. The van der Waals surface area contributed by atoms with Crippen molar-refractivity contribution in [1.82, 2.24) is 9.55 Å².